The molecule has 0 spiro atoms. The monoisotopic (exact) mass is 308 g/mol. The minimum atomic E-state index is -4.49. The van der Waals surface area contributed by atoms with Gasteiger partial charge >= 0.3 is 6.18 Å². The number of methoxy groups -OCH3 is 1. The van der Waals surface area contributed by atoms with Crippen LogP contribution < -0.4 is 4.74 Å². The molecule has 2 rings (SSSR count). The van der Waals surface area contributed by atoms with Gasteiger partial charge in [-0.05, 0) is 17.7 Å². The SMILES string of the molecule is COc1ccc([C@H](CC(=O)c2ccccc2)C(F)(F)F)cc1. The molecule has 0 bridgehead atoms. The average Bonchev–Trinajstić information content (AvgIpc) is 2.52. The van der Waals surface area contributed by atoms with E-state index in [9.17, 15) is 18.0 Å². The predicted octanol–water partition coefficient (Wildman–Crippen LogP) is 4.61. The molecule has 0 aromatic heterocycles. The van der Waals surface area contributed by atoms with Crippen molar-refractivity contribution in [3.05, 3.63) is 65.7 Å². The number of carbonyl (C=O) groups is 1. The lowest BCUT2D eigenvalue weighted by Gasteiger charge is -2.20. The fraction of sp³-hybridized carbons (Fsp3) is 0.235. The van der Waals surface area contributed by atoms with Crippen molar-refractivity contribution in [2.45, 2.75) is 18.5 Å². The van der Waals surface area contributed by atoms with Crippen LogP contribution in [-0.4, -0.2) is 19.1 Å². The second-order valence-corrected chi connectivity index (χ2v) is 4.86. The van der Waals surface area contributed by atoms with Gasteiger partial charge in [0.2, 0.25) is 0 Å². The number of carbonyl (C=O) groups excluding carboxylic acids is 1. The van der Waals surface area contributed by atoms with Crippen LogP contribution in [0.3, 0.4) is 0 Å². The Hall–Kier alpha value is -2.30. The first-order valence-corrected chi connectivity index (χ1v) is 6.70. The van der Waals surface area contributed by atoms with Crippen molar-refractivity contribution < 1.29 is 22.7 Å². The zero-order valence-electron chi connectivity index (χ0n) is 11.9. The number of halogens is 3. The zero-order chi connectivity index (χ0) is 16.2. The Morgan fingerprint density at radius 3 is 2.14 bits per heavy atom. The van der Waals surface area contributed by atoms with Crippen molar-refractivity contribution in [1.82, 2.24) is 0 Å². The number of benzene rings is 2. The van der Waals surface area contributed by atoms with Gasteiger partial charge < -0.3 is 4.74 Å². The maximum Gasteiger partial charge on any atom is 0.396 e. The molecule has 0 heterocycles. The average molecular weight is 308 g/mol. The van der Waals surface area contributed by atoms with E-state index < -0.39 is 24.3 Å². The van der Waals surface area contributed by atoms with Crippen molar-refractivity contribution in [1.29, 1.82) is 0 Å². The largest absolute Gasteiger partial charge is 0.497 e. The summed E-state index contributed by atoms with van der Waals surface area (Å²) in [5, 5.41) is 0. The molecule has 0 amide bonds. The van der Waals surface area contributed by atoms with Crippen molar-refractivity contribution in [2.75, 3.05) is 7.11 Å². The van der Waals surface area contributed by atoms with Crippen LogP contribution in [0.15, 0.2) is 54.6 Å². The lowest BCUT2D eigenvalue weighted by Crippen LogP contribution is -2.23. The molecule has 22 heavy (non-hydrogen) atoms. The predicted molar refractivity (Wildman–Crippen MR) is 77.2 cm³/mol. The first-order chi connectivity index (χ1) is 10.4. The summed E-state index contributed by atoms with van der Waals surface area (Å²) in [5.74, 6) is -1.89. The summed E-state index contributed by atoms with van der Waals surface area (Å²) >= 11 is 0. The third-order valence-electron chi connectivity index (χ3n) is 3.40. The molecule has 1 atom stereocenters. The Bertz CT molecular complexity index is 619. The third kappa shape index (κ3) is 3.87. The molecular weight excluding hydrogens is 293 g/mol. The summed E-state index contributed by atoms with van der Waals surface area (Å²) in [4.78, 5) is 12.1. The zero-order valence-corrected chi connectivity index (χ0v) is 11.9. The molecule has 0 aliphatic heterocycles. The van der Waals surface area contributed by atoms with Crippen molar-refractivity contribution >= 4 is 5.78 Å². The number of hydrogen-bond donors (Lipinski definition) is 0. The van der Waals surface area contributed by atoms with Crippen LogP contribution in [0.5, 0.6) is 5.75 Å². The van der Waals surface area contributed by atoms with E-state index in [1.165, 1.54) is 43.5 Å². The quantitative estimate of drug-likeness (QED) is 0.754. The van der Waals surface area contributed by atoms with E-state index in [2.05, 4.69) is 0 Å². The van der Waals surface area contributed by atoms with Crippen molar-refractivity contribution in [2.24, 2.45) is 0 Å². The lowest BCUT2D eigenvalue weighted by molar-refractivity contribution is -0.149. The molecule has 2 aromatic carbocycles. The van der Waals surface area contributed by atoms with E-state index in [-0.39, 0.29) is 11.1 Å². The number of alkyl halides is 3. The number of hydrogen-bond acceptors (Lipinski definition) is 2. The van der Waals surface area contributed by atoms with E-state index in [1.54, 1.807) is 18.2 Å². The van der Waals surface area contributed by atoms with Gasteiger partial charge in [0.25, 0.3) is 0 Å². The van der Waals surface area contributed by atoms with E-state index in [1.807, 2.05) is 0 Å². The first kappa shape index (κ1) is 16.1. The lowest BCUT2D eigenvalue weighted by atomic mass is 9.91. The smallest absolute Gasteiger partial charge is 0.396 e. The van der Waals surface area contributed by atoms with Crippen LogP contribution in [0.25, 0.3) is 0 Å². The topological polar surface area (TPSA) is 26.3 Å². The van der Waals surface area contributed by atoms with Crippen LogP contribution in [0.1, 0.15) is 28.3 Å². The molecule has 0 aliphatic rings. The molecule has 0 unspecified atom stereocenters. The fourth-order valence-corrected chi connectivity index (χ4v) is 2.19. The molecule has 0 radical (unpaired) electrons. The van der Waals surface area contributed by atoms with Crippen molar-refractivity contribution in [3.63, 3.8) is 0 Å². The summed E-state index contributed by atoms with van der Waals surface area (Å²) in [6.45, 7) is 0. The molecule has 0 N–H and O–H groups in total. The Kier molecular flexibility index (Phi) is 4.85. The molecule has 0 fully saturated rings. The second-order valence-electron chi connectivity index (χ2n) is 4.86. The number of rotatable bonds is 5. The maximum atomic E-state index is 13.3. The molecule has 0 aliphatic carbocycles. The molecule has 2 nitrogen and oxygen atoms in total. The van der Waals surface area contributed by atoms with Gasteiger partial charge in [-0.25, -0.2) is 0 Å². The minimum absolute atomic E-state index is 0.0533. The van der Waals surface area contributed by atoms with Gasteiger partial charge in [0.1, 0.15) is 5.75 Å². The molecule has 116 valence electrons. The van der Waals surface area contributed by atoms with Gasteiger partial charge in [-0.2, -0.15) is 13.2 Å². The minimum Gasteiger partial charge on any atom is -0.497 e. The van der Waals surface area contributed by atoms with Gasteiger partial charge in [-0.15, -0.1) is 0 Å². The van der Waals surface area contributed by atoms with E-state index >= 15 is 0 Å². The van der Waals surface area contributed by atoms with E-state index in [4.69, 9.17) is 4.74 Å². The van der Waals surface area contributed by atoms with Crippen LogP contribution in [-0.2, 0) is 0 Å². The maximum absolute atomic E-state index is 13.3. The van der Waals surface area contributed by atoms with Gasteiger partial charge in [0, 0.05) is 12.0 Å². The summed E-state index contributed by atoms with van der Waals surface area (Å²) in [7, 11) is 1.44. The standard InChI is InChI=1S/C17H15F3O2/c1-22-14-9-7-12(8-10-14)15(17(18,19)20)11-16(21)13-5-3-2-4-6-13/h2-10,15H,11H2,1H3/t15-/m0/s1. The fourth-order valence-electron chi connectivity index (χ4n) is 2.19. The van der Waals surface area contributed by atoms with Gasteiger partial charge in [0.05, 0.1) is 13.0 Å². The van der Waals surface area contributed by atoms with Crippen molar-refractivity contribution in [3.8, 4) is 5.75 Å². The van der Waals surface area contributed by atoms with Crippen LogP contribution in [0.2, 0.25) is 0 Å². The molecule has 0 saturated carbocycles. The summed E-state index contributed by atoms with van der Waals surface area (Å²) in [5.41, 5.74) is 0.336. The van der Waals surface area contributed by atoms with E-state index in [0.717, 1.165) is 0 Å². The highest BCUT2D eigenvalue weighted by Crippen LogP contribution is 2.38. The number of Topliss-reactive ketones (excluding diaryl/α,β-unsaturated/α-hetero) is 1. The number of ketones is 1. The van der Waals surface area contributed by atoms with Crippen LogP contribution in [0.4, 0.5) is 13.2 Å². The van der Waals surface area contributed by atoms with Gasteiger partial charge in [-0.1, -0.05) is 42.5 Å². The molecule has 0 saturated heterocycles. The summed E-state index contributed by atoms with van der Waals surface area (Å²) in [6, 6.07) is 13.6. The van der Waals surface area contributed by atoms with Crippen LogP contribution >= 0.6 is 0 Å². The van der Waals surface area contributed by atoms with E-state index in [0.29, 0.717) is 5.75 Å². The number of ether oxygens (including phenoxy) is 1. The van der Waals surface area contributed by atoms with Gasteiger partial charge in [0.15, 0.2) is 5.78 Å². The summed E-state index contributed by atoms with van der Waals surface area (Å²) in [6.07, 6.45) is -5.10. The first-order valence-electron chi connectivity index (χ1n) is 6.70. The Morgan fingerprint density at radius 1 is 1.05 bits per heavy atom. The second kappa shape index (κ2) is 6.64. The van der Waals surface area contributed by atoms with Crippen LogP contribution in [0, 0.1) is 0 Å². The Labute approximate surface area is 126 Å². The molecular formula is C17H15F3O2. The highest BCUT2D eigenvalue weighted by Gasteiger charge is 2.41. The Balaban J connectivity index is 2.25. The highest BCUT2D eigenvalue weighted by atomic mass is 19.4. The third-order valence-corrected chi connectivity index (χ3v) is 3.40. The molecule has 5 heteroatoms. The summed E-state index contributed by atoms with van der Waals surface area (Å²) < 4.78 is 44.8. The van der Waals surface area contributed by atoms with Gasteiger partial charge in [-0.3, -0.25) is 4.79 Å². The Morgan fingerprint density at radius 2 is 1.64 bits per heavy atom. The normalized spacial score (nSPS) is 12.7. The molecule has 2 aromatic rings. The highest BCUT2D eigenvalue weighted by molar-refractivity contribution is 5.96.